The molecule has 7 rings (SSSR count). The molecule has 0 aliphatic heterocycles. The van der Waals surface area contributed by atoms with Crippen molar-refractivity contribution in [3.05, 3.63) is 18.2 Å². The molecule has 2 aromatic rings. The highest BCUT2D eigenvalue weighted by Crippen LogP contribution is 2.76. The molecule has 5 fully saturated rings. The number of nitrogens with zero attached hydrogens (tertiary/aromatic N) is 3. The summed E-state index contributed by atoms with van der Waals surface area (Å²) in [6, 6.07) is 5.86. The van der Waals surface area contributed by atoms with E-state index in [9.17, 15) is 5.11 Å². The minimum absolute atomic E-state index is 0.230. The average Bonchev–Trinajstić information content (AvgIpc) is 3.36. The van der Waals surface area contributed by atoms with Gasteiger partial charge >= 0.3 is 0 Å². The van der Waals surface area contributed by atoms with Crippen LogP contribution < -0.4 is 4.74 Å². The summed E-state index contributed by atoms with van der Waals surface area (Å²) in [5, 5.41) is 20.6. The Morgan fingerprint density at radius 3 is 2.73 bits per heavy atom. The third kappa shape index (κ3) is 2.87. The minimum Gasteiger partial charge on any atom is -0.497 e. The molecule has 5 heteroatoms. The summed E-state index contributed by atoms with van der Waals surface area (Å²) in [7, 11) is 1.67. The van der Waals surface area contributed by atoms with E-state index in [0.717, 1.165) is 58.2 Å². The molecule has 5 nitrogen and oxygen atoms in total. The van der Waals surface area contributed by atoms with Crippen LogP contribution in [0.2, 0.25) is 0 Å². The Morgan fingerprint density at radius 1 is 1.03 bits per heavy atom. The number of hydrogen-bond donors (Lipinski definition) is 1. The van der Waals surface area contributed by atoms with Crippen LogP contribution in [0.4, 0.5) is 0 Å². The Kier molecular flexibility index (Phi) is 4.52. The molecule has 0 saturated heterocycles. The summed E-state index contributed by atoms with van der Waals surface area (Å²) in [5.74, 6) is 8.13. The standard InChI is InChI=1S/C28H39N3O2/c1-15-4-7-18-16(12-15)5-8-20-19(18)10-11-28(2)25(20)21-14-22(21)26(28)27(32)31-24-9-6-17(33-3)13-23(24)29-30-31/h6,9,13,15-16,18-22,25-27,32H,4-5,7-8,10-12,14H2,1-3H3/t15-,16+,18-,19+,20?,21+,22-,25?,26+,27?,28-/m0/s1. The van der Waals surface area contributed by atoms with Gasteiger partial charge in [-0.25, -0.2) is 4.68 Å². The van der Waals surface area contributed by atoms with Crippen molar-refractivity contribution in [2.75, 3.05) is 7.11 Å². The molecular weight excluding hydrogens is 410 g/mol. The molecule has 1 N–H and O–H groups in total. The molecule has 1 aromatic carbocycles. The number of rotatable bonds is 3. The van der Waals surface area contributed by atoms with Gasteiger partial charge in [0.25, 0.3) is 0 Å². The second-order valence-electron chi connectivity index (χ2n) is 12.7. The van der Waals surface area contributed by atoms with Gasteiger partial charge in [0.1, 0.15) is 11.3 Å². The highest BCUT2D eigenvalue weighted by molar-refractivity contribution is 5.76. The second-order valence-corrected chi connectivity index (χ2v) is 12.7. The van der Waals surface area contributed by atoms with Crippen LogP contribution >= 0.6 is 0 Å². The Bertz CT molecular complexity index is 1070. The van der Waals surface area contributed by atoms with Crippen molar-refractivity contribution in [3.8, 4) is 5.75 Å². The second kappa shape index (κ2) is 7.19. The molecule has 0 radical (unpaired) electrons. The summed E-state index contributed by atoms with van der Waals surface area (Å²) in [4.78, 5) is 0. The molecule has 5 aliphatic rings. The molecule has 11 atom stereocenters. The number of fused-ring (bicyclic) bond motifs is 8. The van der Waals surface area contributed by atoms with Gasteiger partial charge in [0.15, 0.2) is 6.23 Å². The first kappa shape index (κ1) is 20.7. The van der Waals surface area contributed by atoms with Gasteiger partial charge in [-0.05, 0) is 110 Å². The van der Waals surface area contributed by atoms with E-state index in [-0.39, 0.29) is 5.41 Å². The lowest BCUT2D eigenvalue weighted by atomic mass is 9.48. The number of aromatic nitrogens is 3. The minimum atomic E-state index is -0.586. The highest BCUT2D eigenvalue weighted by atomic mass is 16.5. The molecule has 0 bridgehead atoms. The van der Waals surface area contributed by atoms with Gasteiger partial charge in [-0.1, -0.05) is 25.5 Å². The molecule has 0 spiro atoms. The summed E-state index contributed by atoms with van der Waals surface area (Å²) >= 11 is 0. The maximum atomic E-state index is 11.8. The van der Waals surface area contributed by atoms with Gasteiger partial charge in [-0.2, -0.15) is 0 Å². The summed E-state index contributed by atoms with van der Waals surface area (Å²) in [5.41, 5.74) is 1.94. The number of benzene rings is 1. The number of hydrogen-bond acceptors (Lipinski definition) is 4. The third-order valence-corrected chi connectivity index (χ3v) is 11.3. The number of ether oxygens (including phenoxy) is 1. The van der Waals surface area contributed by atoms with Crippen molar-refractivity contribution in [2.45, 2.75) is 71.4 Å². The monoisotopic (exact) mass is 449 g/mol. The first-order valence-corrected chi connectivity index (χ1v) is 13.6. The van der Waals surface area contributed by atoms with Crippen LogP contribution in [0, 0.1) is 58.7 Å². The van der Waals surface area contributed by atoms with E-state index in [4.69, 9.17) is 4.74 Å². The zero-order valence-electron chi connectivity index (χ0n) is 20.4. The van der Waals surface area contributed by atoms with Gasteiger partial charge in [-0.3, -0.25) is 0 Å². The summed E-state index contributed by atoms with van der Waals surface area (Å²) in [6.07, 6.45) is 10.7. The largest absolute Gasteiger partial charge is 0.497 e. The van der Waals surface area contributed by atoms with Crippen molar-refractivity contribution in [3.63, 3.8) is 0 Å². The molecule has 178 valence electrons. The smallest absolute Gasteiger partial charge is 0.153 e. The normalized spacial score (nSPS) is 46.7. The summed E-state index contributed by atoms with van der Waals surface area (Å²) in [6.45, 7) is 5.01. The first-order valence-electron chi connectivity index (χ1n) is 13.6. The number of methoxy groups -OCH3 is 1. The predicted octanol–water partition coefficient (Wildman–Crippen LogP) is 5.69. The van der Waals surface area contributed by atoms with E-state index in [0.29, 0.717) is 11.8 Å². The lowest BCUT2D eigenvalue weighted by Crippen LogP contribution is -2.50. The van der Waals surface area contributed by atoms with Gasteiger partial charge < -0.3 is 9.84 Å². The van der Waals surface area contributed by atoms with Gasteiger partial charge in [-0.15, -0.1) is 5.10 Å². The van der Waals surface area contributed by atoms with E-state index >= 15 is 0 Å². The number of aliphatic hydroxyl groups excluding tert-OH is 1. The molecule has 3 unspecified atom stereocenters. The van der Waals surface area contributed by atoms with Gasteiger partial charge in [0.05, 0.1) is 12.6 Å². The van der Waals surface area contributed by atoms with Gasteiger partial charge in [0, 0.05) is 12.0 Å². The highest BCUT2D eigenvalue weighted by Gasteiger charge is 2.70. The average molecular weight is 450 g/mol. The van der Waals surface area contributed by atoms with E-state index in [2.05, 4.69) is 24.2 Å². The Morgan fingerprint density at radius 2 is 1.88 bits per heavy atom. The maximum Gasteiger partial charge on any atom is 0.153 e. The van der Waals surface area contributed by atoms with Crippen LogP contribution in [0.25, 0.3) is 11.0 Å². The van der Waals surface area contributed by atoms with Gasteiger partial charge in [0.2, 0.25) is 0 Å². The molecule has 33 heavy (non-hydrogen) atoms. The zero-order valence-corrected chi connectivity index (χ0v) is 20.4. The van der Waals surface area contributed by atoms with E-state index in [1.807, 2.05) is 22.9 Å². The van der Waals surface area contributed by atoms with Crippen LogP contribution in [-0.4, -0.2) is 27.2 Å². The first-order chi connectivity index (χ1) is 16.0. The SMILES string of the molecule is COc1ccc2c(c1)nnn2C(O)[C@H]1[C@H]2C[C@H]2C2C3CC[C@@H]4C[C@@H](C)CC[C@@H]4[C@H]3CC[C@@]21C. The fourth-order valence-corrected chi connectivity index (χ4v) is 10.1. The van der Waals surface area contributed by atoms with Crippen LogP contribution in [-0.2, 0) is 0 Å². The van der Waals surface area contributed by atoms with Crippen LogP contribution in [0.15, 0.2) is 18.2 Å². The topological polar surface area (TPSA) is 60.2 Å². The Hall–Kier alpha value is -1.62. The Labute approximate surface area is 197 Å². The van der Waals surface area contributed by atoms with Crippen molar-refractivity contribution >= 4 is 11.0 Å². The lowest BCUT2D eigenvalue weighted by Gasteiger charge is -2.57. The Balaban J connectivity index is 1.19. The third-order valence-electron chi connectivity index (χ3n) is 11.3. The fraction of sp³-hybridized carbons (Fsp3) is 0.786. The lowest BCUT2D eigenvalue weighted by molar-refractivity contribution is -0.113. The molecule has 5 saturated carbocycles. The molecular formula is C28H39N3O2. The van der Waals surface area contributed by atoms with Crippen molar-refractivity contribution in [2.24, 2.45) is 58.7 Å². The molecule has 1 aromatic heterocycles. The summed E-state index contributed by atoms with van der Waals surface area (Å²) < 4.78 is 7.17. The van der Waals surface area contributed by atoms with Crippen LogP contribution in [0.5, 0.6) is 5.75 Å². The zero-order chi connectivity index (χ0) is 22.5. The van der Waals surface area contributed by atoms with Crippen molar-refractivity contribution < 1.29 is 9.84 Å². The van der Waals surface area contributed by atoms with Crippen molar-refractivity contribution in [1.82, 2.24) is 15.0 Å². The van der Waals surface area contributed by atoms with E-state index in [1.54, 1.807) is 7.11 Å². The predicted molar refractivity (Wildman–Crippen MR) is 127 cm³/mol. The maximum absolute atomic E-state index is 11.8. The quantitative estimate of drug-likeness (QED) is 0.654. The van der Waals surface area contributed by atoms with E-state index < -0.39 is 6.23 Å². The fourth-order valence-electron chi connectivity index (χ4n) is 10.1. The molecule has 5 aliphatic carbocycles. The number of aliphatic hydroxyl groups is 1. The molecule has 1 heterocycles. The van der Waals surface area contributed by atoms with Crippen LogP contribution in [0.1, 0.15) is 71.4 Å². The molecule has 0 amide bonds. The van der Waals surface area contributed by atoms with E-state index in [1.165, 1.54) is 51.4 Å². The van der Waals surface area contributed by atoms with Crippen molar-refractivity contribution in [1.29, 1.82) is 0 Å². The van der Waals surface area contributed by atoms with Crippen LogP contribution in [0.3, 0.4) is 0 Å².